The van der Waals surface area contributed by atoms with Gasteiger partial charge in [0.25, 0.3) is 0 Å². The molecular weight excluding hydrogens is 515 g/mol. The number of sulfone groups is 1. The van der Waals surface area contributed by atoms with Crippen molar-refractivity contribution in [3.05, 3.63) is 52.7 Å². The minimum Gasteiger partial charge on any atom is -0.493 e. The number of ether oxygens (including phenoxy) is 2. The molecule has 2 heterocycles. The molecule has 0 amide bonds. The van der Waals surface area contributed by atoms with Crippen molar-refractivity contribution in [2.24, 2.45) is 0 Å². The SMILES string of the molecule is COc1ccc(-c2csc(N3CCC(S(=O)(=O)c4c(F)c(F)c(F)c(F)c4F)CC3)n2)cc1OC. The van der Waals surface area contributed by atoms with Gasteiger partial charge in [-0.1, -0.05) is 0 Å². The summed E-state index contributed by atoms with van der Waals surface area (Å²) in [6, 6.07) is 5.31. The van der Waals surface area contributed by atoms with Crippen LogP contribution in [-0.2, 0) is 9.84 Å². The lowest BCUT2D eigenvalue weighted by molar-refractivity contribution is 0.355. The van der Waals surface area contributed by atoms with Gasteiger partial charge in [-0.2, -0.15) is 0 Å². The van der Waals surface area contributed by atoms with Crippen LogP contribution in [-0.4, -0.2) is 46.0 Å². The lowest BCUT2D eigenvalue weighted by atomic mass is 10.1. The van der Waals surface area contributed by atoms with Crippen molar-refractivity contribution >= 4 is 26.3 Å². The van der Waals surface area contributed by atoms with Crippen molar-refractivity contribution in [3.8, 4) is 22.8 Å². The van der Waals surface area contributed by atoms with E-state index in [1.807, 2.05) is 11.4 Å². The first-order valence-electron chi connectivity index (χ1n) is 10.3. The molecule has 0 saturated carbocycles. The van der Waals surface area contributed by atoms with E-state index in [0.717, 1.165) is 5.56 Å². The molecule has 1 saturated heterocycles. The molecule has 6 nitrogen and oxygen atoms in total. The molecule has 2 aromatic carbocycles. The Balaban J connectivity index is 1.52. The monoisotopic (exact) mass is 534 g/mol. The summed E-state index contributed by atoms with van der Waals surface area (Å²) in [5, 5.41) is 1.10. The van der Waals surface area contributed by atoms with Crippen LogP contribution in [0.15, 0.2) is 28.5 Å². The molecule has 0 atom stereocenters. The number of piperidine rings is 1. The molecule has 35 heavy (non-hydrogen) atoms. The quantitative estimate of drug-likeness (QED) is 0.193. The highest BCUT2D eigenvalue weighted by Crippen LogP contribution is 2.36. The first-order valence-corrected chi connectivity index (χ1v) is 12.7. The maximum atomic E-state index is 14.1. The van der Waals surface area contributed by atoms with Gasteiger partial charge in [0, 0.05) is 24.0 Å². The first-order chi connectivity index (χ1) is 16.6. The zero-order valence-corrected chi connectivity index (χ0v) is 20.1. The fourth-order valence-electron chi connectivity index (χ4n) is 3.90. The van der Waals surface area contributed by atoms with E-state index >= 15 is 0 Å². The number of hydrogen-bond donors (Lipinski definition) is 0. The summed E-state index contributed by atoms with van der Waals surface area (Å²) in [4.78, 5) is 4.60. The zero-order valence-electron chi connectivity index (χ0n) is 18.4. The van der Waals surface area contributed by atoms with Crippen LogP contribution >= 0.6 is 11.3 Å². The van der Waals surface area contributed by atoms with Crippen molar-refractivity contribution in [3.63, 3.8) is 0 Å². The largest absolute Gasteiger partial charge is 0.493 e. The van der Waals surface area contributed by atoms with Crippen molar-refractivity contribution in [1.82, 2.24) is 4.98 Å². The van der Waals surface area contributed by atoms with Gasteiger partial charge in [0.2, 0.25) is 5.82 Å². The maximum Gasteiger partial charge on any atom is 0.200 e. The summed E-state index contributed by atoms with van der Waals surface area (Å²) < 4.78 is 105. The molecule has 3 aromatic rings. The smallest absolute Gasteiger partial charge is 0.200 e. The summed E-state index contributed by atoms with van der Waals surface area (Å²) in [6.07, 6.45) is -0.153. The van der Waals surface area contributed by atoms with Gasteiger partial charge in [-0.25, -0.2) is 35.4 Å². The highest BCUT2D eigenvalue weighted by molar-refractivity contribution is 7.92. The van der Waals surface area contributed by atoms with E-state index in [2.05, 4.69) is 4.98 Å². The number of methoxy groups -OCH3 is 2. The molecule has 1 aromatic heterocycles. The molecule has 1 aliphatic heterocycles. The Labute approximate surface area is 201 Å². The number of rotatable bonds is 6. The summed E-state index contributed by atoms with van der Waals surface area (Å²) in [5.74, 6) is -10.6. The second-order valence-electron chi connectivity index (χ2n) is 7.72. The molecule has 13 heteroatoms. The first kappa shape index (κ1) is 25.2. The summed E-state index contributed by atoms with van der Waals surface area (Å²) in [7, 11) is -1.77. The van der Waals surface area contributed by atoms with Gasteiger partial charge in [0.15, 0.2) is 49.7 Å². The van der Waals surface area contributed by atoms with Gasteiger partial charge in [0.05, 0.1) is 25.2 Å². The van der Waals surface area contributed by atoms with Gasteiger partial charge in [-0.05, 0) is 31.0 Å². The Hall–Kier alpha value is -2.93. The third-order valence-corrected chi connectivity index (χ3v) is 8.95. The van der Waals surface area contributed by atoms with E-state index in [0.29, 0.717) is 22.3 Å². The molecule has 0 unspecified atom stereocenters. The number of aromatic nitrogens is 1. The third kappa shape index (κ3) is 4.42. The highest BCUT2D eigenvalue weighted by atomic mass is 32.2. The van der Waals surface area contributed by atoms with Crippen LogP contribution in [0, 0.1) is 29.1 Å². The Morgan fingerprint density at radius 1 is 0.914 bits per heavy atom. The van der Waals surface area contributed by atoms with Crippen molar-refractivity contribution in [2.75, 3.05) is 32.2 Å². The molecule has 0 N–H and O–H groups in total. The van der Waals surface area contributed by atoms with E-state index in [1.165, 1.54) is 25.6 Å². The molecule has 4 rings (SSSR count). The Kier molecular flexibility index (Phi) is 6.91. The van der Waals surface area contributed by atoms with E-state index in [9.17, 15) is 30.4 Å². The Morgan fingerprint density at radius 2 is 1.49 bits per heavy atom. The van der Waals surface area contributed by atoms with Gasteiger partial charge < -0.3 is 14.4 Å². The van der Waals surface area contributed by atoms with Crippen LogP contribution in [0.3, 0.4) is 0 Å². The Morgan fingerprint density at radius 3 is 2.06 bits per heavy atom. The molecule has 0 bridgehead atoms. The maximum absolute atomic E-state index is 14.1. The average Bonchev–Trinajstić information content (AvgIpc) is 3.36. The van der Waals surface area contributed by atoms with Crippen molar-refractivity contribution in [1.29, 1.82) is 0 Å². The highest BCUT2D eigenvalue weighted by Gasteiger charge is 2.39. The summed E-state index contributed by atoms with van der Waals surface area (Å²) in [6.45, 7) is 0.330. The normalized spacial score (nSPS) is 14.9. The average molecular weight is 535 g/mol. The number of nitrogens with zero attached hydrogens (tertiary/aromatic N) is 2. The Bertz CT molecular complexity index is 1340. The number of benzene rings is 2. The fourth-order valence-corrected chi connectivity index (χ4v) is 6.63. The molecule has 0 aliphatic carbocycles. The minimum absolute atomic E-state index is 0.0763. The number of thiazole rings is 1. The lowest BCUT2D eigenvalue weighted by Crippen LogP contribution is -2.40. The zero-order chi connectivity index (χ0) is 25.5. The van der Waals surface area contributed by atoms with E-state index < -0.39 is 49.1 Å². The molecular formula is C22H19F5N2O4S2. The number of hydrogen-bond acceptors (Lipinski definition) is 7. The topological polar surface area (TPSA) is 68.7 Å². The predicted molar refractivity (Wildman–Crippen MR) is 119 cm³/mol. The summed E-state index contributed by atoms with van der Waals surface area (Å²) >= 11 is 1.32. The van der Waals surface area contributed by atoms with Gasteiger partial charge in [-0.3, -0.25) is 0 Å². The van der Waals surface area contributed by atoms with Gasteiger partial charge >= 0.3 is 0 Å². The lowest BCUT2D eigenvalue weighted by Gasteiger charge is -2.31. The molecule has 1 fully saturated rings. The van der Waals surface area contributed by atoms with Gasteiger partial charge in [-0.15, -0.1) is 11.3 Å². The second-order valence-corrected chi connectivity index (χ2v) is 10.7. The molecule has 0 spiro atoms. The fraction of sp³-hybridized carbons (Fsp3) is 0.318. The van der Waals surface area contributed by atoms with E-state index in [4.69, 9.17) is 9.47 Å². The van der Waals surface area contributed by atoms with E-state index in [-0.39, 0.29) is 25.9 Å². The minimum atomic E-state index is -4.81. The third-order valence-electron chi connectivity index (χ3n) is 5.78. The standard InChI is InChI=1S/C22H19F5N2O4S2/c1-32-14-4-3-11(9-15(14)33-2)13-10-34-22(28-13)29-7-5-12(6-8-29)35(30,31)21-19(26)17(24)16(23)18(25)20(21)27/h3-4,9-10,12H,5-8H2,1-2H3. The number of anilines is 1. The summed E-state index contributed by atoms with van der Waals surface area (Å²) in [5.41, 5.74) is 1.43. The van der Waals surface area contributed by atoms with Gasteiger partial charge in [0.1, 0.15) is 4.90 Å². The van der Waals surface area contributed by atoms with E-state index in [1.54, 1.807) is 17.0 Å². The molecule has 1 aliphatic rings. The van der Waals surface area contributed by atoms with Crippen LogP contribution in [0.1, 0.15) is 12.8 Å². The van der Waals surface area contributed by atoms with Crippen LogP contribution in [0.2, 0.25) is 0 Å². The van der Waals surface area contributed by atoms with Crippen LogP contribution < -0.4 is 14.4 Å². The molecule has 188 valence electrons. The van der Waals surface area contributed by atoms with Crippen LogP contribution in [0.4, 0.5) is 27.1 Å². The van der Waals surface area contributed by atoms with Crippen molar-refractivity contribution in [2.45, 2.75) is 23.0 Å². The second kappa shape index (κ2) is 9.61. The van der Waals surface area contributed by atoms with Crippen molar-refractivity contribution < 1.29 is 39.8 Å². The number of halogens is 5. The molecule has 0 radical (unpaired) electrons. The predicted octanol–water partition coefficient (Wildman–Crippen LogP) is 4.97. The van der Waals surface area contributed by atoms with Crippen LogP contribution in [0.5, 0.6) is 11.5 Å². The van der Waals surface area contributed by atoms with Crippen LogP contribution in [0.25, 0.3) is 11.3 Å².